The van der Waals surface area contributed by atoms with Crippen LogP contribution in [0.15, 0.2) is 0 Å². The third-order valence-corrected chi connectivity index (χ3v) is 4.02. The zero-order valence-corrected chi connectivity index (χ0v) is 9.71. The van der Waals surface area contributed by atoms with Crippen LogP contribution in [0.3, 0.4) is 0 Å². The van der Waals surface area contributed by atoms with Gasteiger partial charge in [0.1, 0.15) is 6.17 Å². The van der Waals surface area contributed by atoms with Crippen molar-refractivity contribution in [3.8, 4) is 0 Å². The van der Waals surface area contributed by atoms with Gasteiger partial charge in [0.05, 0.1) is 0 Å². The van der Waals surface area contributed by atoms with Gasteiger partial charge in [-0.25, -0.2) is 4.39 Å². The molecule has 88 valence electrons. The van der Waals surface area contributed by atoms with Crippen LogP contribution >= 0.6 is 0 Å². The lowest BCUT2D eigenvalue weighted by molar-refractivity contribution is 0.0463. The first kappa shape index (κ1) is 11.3. The molecular weight excluding hydrogens is 191 g/mol. The maximum absolute atomic E-state index is 13.8. The fraction of sp³-hybridized carbons (Fsp3) is 1.00. The quantitative estimate of drug-likeness (QED) is 0.754. The number of alkyl halides is 1. The summed E-state index contributed by atoms with van der Waals surface area (Å²) in [5, 5.41) is 3.41. The highest BCUT2D eigenvalue weighted by Gasteiger charge is 2.31. The number of likely N-dealkylation sites (tertiary alicyclic amines) is 1. The van der Waals surface area contributed by atoms with Crippen LogP contribution in [-0.4, -0.2) is 43.3 Å². The maximum atomic E-state index is 13.8. The molecule has 0 aromatic rings. The number of nitrogens with one attached hydrogen (secondary N) is 1. The molecule has 2 heterocycles. The normalized spacial score (nSPS) is 39.2. The molecule has 2 aliphatic rings. The summed E-state index contributed by atoms with van der Waals surface area (Å²) in [6, 6.07) is 0.592. The Balaban J connectivity index is 1.84. The molecule has 0 spiro atoms. The molecule has 0 saturated carbocycles. The van der Waals surface area contributed by atoms with E-state index in [-0.39, 0.29) is 0 Å². The van der Waals surface area contributed by atoms with Crippen molar-refractivity contribution in [1.29, 1.82) is 0 Å². The summed E-state index contributed by atoms with van der Waals surface area (Å²) in [7, 11) is 0. The van der Waals surface area contributed by atoms with E-state index in [1.807, 2.05) is 0 Å². The molecule has 0 aliphatic carbocycles. The Morgan fingerprint density at radius 2 is 2.27 bits per heavy atom. The molecular formula is C12H23FN2. The summed E-state index contributed by atoms with van der Waals surface area (Å²) in [6.07, 6.45) is 3.95. The Bertz CT molecular complexity index is 192. The van der Waals surface area contributed by atoms with E-state index >= 15 is 0 Å². The molecule has 0 aromatic heterocycles. The van der Waals surface area contributed by atoms with E-state index < -0.39 is 6.17 Å². The van der Waals surface area contributed by atoms with Gasteiger partial charge in [0, 0.05) is 19.1 Å². The van der Waals surface area contributed by atoms with Gasteiger partial charge in [0.25, 0.3) is 0 Å². The molecule has 2 rings (SSSR count). The highest BCUT2D eigenvalue weighted by atomic mass is 19.1. The molecule has 0 aromatic carbocycles. The van der Waals surface area contributed by atoms with E-state index in [0.29, 0.717) is 18.5 Å². The molecule has 3 atom stereocenters. The average molecular weight is 214 g/mol. The third kappa shape index (κ3) is 2.70. The summed E-state index contributed by atoms with van der Waals surface area (Å²) in [5.41, 5.74) is 0. The average Bonchev–Trinajstić information content (AvgIpc) is 2.30. The molecule has 3 heteroatoms. The Kier molecular flexibility index (Phi) is 3.98. The van der Waals surface area contributed by atoms with Gasteiger partial charge in [-0.1, -0.05) is 13.3 Å². The topological polar surface area (TPSA) is 15.3 Å². The lowest BCUT2D eigenvalue weighted by atomic mass is 9.91. The van der Waals surface area contributed by atoms with Crippen molar-refractivity contribution >= 4 is 0 Å². The van der Waals surface area contributed by atoms with Crippen molar-refractivity contribution in [1.82, 2.24) is 10.2 Å². The third-order valence-electron chi connectivity index (χ3n) is 4.02. The van der Waals surface area contributed by atoms with Crippen molar-refractivity contribution < 1.29 is 4.39 Å². The molecule has 1 N–H and O–H groups in total. The number of nitrogens with zero attached hydrogens (tertiary/aromatic N) is 1. The van der Waals surface area contributed by atoms with Gasteiger partial charge in [-0.05, 0) is 38.3 Å². The van der Waals surface area contributed by atoms with Crippen LogP contribution in [-0.2, 0) is 0 Å². The summed E-state index contributed by atoms with van der Waals surface area (Å²) in [6.45, 7) is 6.08. The van der Waals surface area contributed by atoms with E-state index in [1.54, 1.807) is 0 Å². The lowest BCUT2D eigenvalue weighted by Gasteiger charge is -2.40. The number of hydrogen-bond donors (Lipinski definition) is 1. The molecule has 2 nitrogen and oxygen atoms in total. The molecule has 0 radical (unpaired) electrons. The maximum Gasteiger partial charge on any atom is 0.116 e. The fourth-order valence-electron chi connectivity index (χ4n) is 2.91. The molecule has 0 amide bonds. The van der Waals surface area contributed by atoms with Crippen molar-refractivity contribution in [2.75, 3.05) is 26.2 Å². The largest absolute Gasteiger partial charge is 0.315 e. The van der Waals surface area contributed by atoms with E-state index in [2.05, 4.69) is 17.1 Å². The zero-order chi connectivity index (χ0) is 10.7. The van der Waals surface area contributed by atoms with Gasteiger partial charge in [-0.3, -0.25) is 4.90 Å². The number of halogens is 1. The minimum atomic E-state index is -0.592. The van der Waals surface area contributed by atoms with Gasteiger partial charge in [-0.15, -0.1) is 0 Å². The van der Waals surface area contributed by atoms with Crippen LogP contribution in [0, 0.1) is 5.92 Å². The summed E-state index contributed by atoms with van der Waals surface area (Å²) in [5.74, 6) is 0.317. The van der Waals surface area contributed by atoms with Crippen molar-refractivity contribution in [2.24, 2.45) is 5.92 Å². The highest BCUT2D eigenvalue weighted by Crippen LogP contribution is 2.25. The Labute approximate surface area is 92.2 Å². The first-order valence-electron chi connectivity index (χ1n) is 6.40. The SMILES string of the molecule is CC[C@@H]1CCN(C2CCCNC2)C[C@H]1F. The molecule has 1 unspecified atom stereocenters. The van der Waals surface area contributed by atoms with Gasteiger partial charge in [-0.2, -0.15) is 0 Å². The van der Waals surface area contributed by atoms with Crippen molar-refractivity contribution in [3.05, 3.63) is 0 Å². The number of hydrogen-bond acceptors (Lipinski definition) is 2. The monoisotopic (exact) mass is 214 g/mol. The first-order chi connectivity index (χ1) is 7.31. The fourth-order valence-corrected chi connectivity index (χ4v) is 2.91. The highest BCUT2D eigenvalue weighted by molar-refractivity contribution is 4.86. The smallest absolute Gasteiger partial charge is 0.116 e. The zero-order valence-electron chi connectivity index (χ0n) is 9.71. The second-order valence-corrected chi connectivity index (χ2v) is 4.97. The second-order valence-electron chi connectivity index (χ2n) is 4.97. The summed E-state index contributed by atoms with van der Waals surface area (Å²) >= 11 is 0. The summed E-state index contributed by atoms with van der Waals surface area (Å²) in [4.78, 5) is 2.36. The van der Waals surface area contributed by atoms with Crippen molar-refractivity contribution in [3.63, 3.8) is 0 Å². The predicted octanol–water partition coefficient (Wildman–Crippen LogP) is 1.81. The van der Waals surface area contributed by atoms with Crippen LogP contribution in [0.1, 0.15) is 32.6 Å². The van der Waals surface area contributed by atoms with E-state index in [0.717, 1.165) is 32.5 Å². The predicted molar refractivity (Wildman–Crippen MR) is 60.8 cm³/mol. The minimum Gasteiger partial charge on any atom is -0.315 e. The van der Waals surface area contributed by atoms with Crippen LogP contribution in [0.2, 0.25) is 0 Å². The molecule has 0 bridgehead atoms. The van der Waals surface area contributed by atoms with E-state index in [1.165, 1.54) is 12.8 Å². The first-order valence-corrected chi connectivity index (χ1v) is 6.40. The number of piperidine rings is 2. The molecule has 2 saturated heterocycles. The van der Waals surface area contributed by atoms with E-state index in [9.17, 15) is 4.39 Å². The Morgan fingerprint density at radius 3 is 2.87 bits per heavy atom. The molecule has 15 heavy (non-hydrogen) atoms. The van der Waals surface area contributed by atoms with Crippen LogP contribution < -0.4 is 5.32 Å². The second kappa shape index (κ2) is 5.26. The van der Waals surface area contributed by atoms with Crippen LogP contribution in [0.25, 0.3) is 0 Å². The van der Waals surface area contributed by atoms with Crippen molar-refractivity contribution in [2.45, 2.75) is 44.8 Å². The van der Waals surface area contributed by atoms with Crippen LogP contribution in [0.4, 0.5) is 4.39 Å². The van der Waals surface area contributed by atoms with Crippen LogP contribution in [0.5, 0.6) is 0 Å². The van der Waals surface area contributed by atoms with Gasteiger partial charge >= 0.3 is 0 Å². The number of rotatable bonds is 2. The molecule has 2 fully saturated rings. The standard InChI is InChI=1S/C12H23FN2/c1-2-10-5-7-15(9-12(10)13)11-4-3-6-14-8-11/h10-12,14H,2-9H2,1H3/t10-,11?,12-/m1/s1. The Morgan fingerprint density at radius 1 is 1.40 bits per heavy atom. The molecule has 2 aliphatic heterocycles. The van der Waals surface area contributed by atoms with Gasteiger partial charge < -0.3 is 5.32 Å². The Hall–Kier alpha value is -0.150. The van der Waals surface area contributed by atoms with Gasteiger partial charge in [0.15, 0.2) is 0 Å². The van der Waals surface area contributed by atoms with Gasteiger partial charge in [0.2, 0.25) is 0 Å². The minimum absolute atomic E-state index is 0.317. The van der Waals surface area contributed by atoms with E-state index in [4.69, 9.17) is 0 Å². The summed E-state index contributed by atoms with van der Waals surface area (Å²) < 4.78 is 13.8. The lowest BCUT2D eigenvalue weighted by Crippen LogP contribution is -2.52.